The van der Waals surface area contributed by atoms with E-state index in [4.69, 9.17) is 4.52 Å². The lowest BCUT2D eigenvalue weighted by atomic mass is 10.1. The first kappa shape index (κ1) is 19.1. The largest absolute Gasteiger partial charge is 0.493 e. The first-order chi connectivity index (χ1) is 11.0. The third-order valence-electron chi connectivity index (χ3n) is 3.37. The molecule has 0 saturated carbocycles. The second-order valence-corrected chi connectivity index (χ2v) is 5.09. The lowest BCUT2D eigenvalue weighted by Crippen LogP contribution is -2.22. The van der Waals surface area contributed by atoms with Crippen LogP contribution in [0.3, 0.4) is 0 Å². The van der Waals surface area contributed by atoms with E-state index in [-0.39, 0.29) is 35.9 Å². The van der Waals surface area contributed by atoms with Crippen molar-refractivity contribution in [2.24, 2.45) is 10.2 Å². The minimum absolute atomic E-state index is 0. The molecule has 0 aliphatic rings. The van der Waals surface area contributed by atoms with Crippen LogP contribution in [0.4, 0.5) is 11.5 Å². The van der Waals surface area contributed by atoms with Crippen LogP contribution in [-0.2, 0) is 6.54 Å². The summed E-state index contributed by atoms with van der Waals surface area (Å²) in [5.74, 6) is 0.465. The topological polar surface area (TPSA) is 117 Å². The quantitative estimate of drug-likeness (QED) is 0.834. The Balaban J connectivity index is 0.00000288. The number of aromatic hydroxyl groups is 1. The third-order valence-corrected chi connectivity index (χ3v) is 3.37. The Kier molecular flexibility index (Phi) is 6.41. The van der Waals surface area contributed by atoms with Crippen molar-refractivity contribution in [3.8, 4) is 11.9 Å². The van der Waals surface area contributed by atoms with E-state index in [1.807, 2.05) is 13.0 Å². The van der Waals surface area contributed by atoms with E-state index in [1.165, 1.54) is 0 Å². The maximum absolute atomic E-state index is 12.5. The van der Waals surface area contributed by atoms with Crippen LogP contribution in [0.1, 0.15) is 44.1 Å². The van der Waals surface area contributed by atoms with E-state index in [9.17, 15) is 15.2 Å². The molecule has 0 aliphatic heterocycles. The van der Waals surface area contributed by atoms with Gasteiger partial charge in [-0.1, -0.05) is 25.9 Å². The summed E-state index contributed by atoms with van der Waals surface area (Å²) in [5, 5.41) is 30.8. The number of rotatable bonds is 5. The molecule has 0 fully saturated rings. The SMILES string of the molecule is C.CCCCn1c(O)c(C#N)c(C)c(N=Nc2cc(C)on2)c1=O. The summed E-state index contributed by atoms with van der Waals surface area (Å²) in [7, 11) is 0. The lowest BCUT2D eigenvalue weighted by Gasteiger charge is -2.12. The van der Waals surface area contributed by atoms with Crippen molar-refractivity contribution in [2.75, 3.05) is 0 Å². The van der Waals surface area contributed by atoms with Crippen LogP contribution in [0, 0.1) is 25.2 Å². The van der Waals surface area contributed by atoms with Crippen molar-refractivity contribution >= 4 is 11.5 Å². The second kappa shape index (κ2) is 8.06. The van der Waals surface area contributed by atoms with Crippen LogP contribution in [0.5, 0.6) is 5.88 Å². The summed E-state index contributed by atoms with van der Waals surface area (Å²) in [6.07, 6.45) is 1.54. The molecule has 0 saturated heterocycles. The van der Waals surface area contributed by atoms with Crippen molar-refractivity contribution in [3.05, 3.63) is 33.3 Å². The minimum Gasteiger partial charge on any atom is -0.493 e. The van der Waals surface area contributed by atoms with Gasteiger partial charge in [-0.15, -0.1) is 10.2 Å². The predicted molar refractivity (Wildman–Crippen MR) is 88.9 cm³/mol. The van der Waals surface area contributed by atoms with E-state index < -0.39 is 5.56 Å². The van der Waals surface area contributed by atoms with Crippen molar-refractivity contribution < 1.29 is 9.63 Å². The zero-order valence-electron chi connectivity index (χ0n) is 13.2. The van der Waals surface area contributed by atoms with Crippen molar-refractivity contribution in [3.63, 3.8) is 0 Å². The molecule has 0 aromatic carbocycles. The molecule has 8 heteroatoms. The number of aromatic nitrogens is 2. The van der Waals surface area contributed by atoms with Gasteiger partial charge in [0.1, 0.15) is 17.4 Å². The fourth-order valence-electron chi connectivity index (χ4n) is 2.08. The molecular formula is C16H21N5O3. The molecule has 2 aromatic heterocycles. The molecule has 0 atom stereocenters. The summed E-state index contributed by atoms with van der Waals surface area (Å²) in [5.41, 5.74) is -0.176. The number of azo groups is 1. The van der Waals surface area contributed by atoms with Crippen molar-refractivity contribution in [2.45, 2.75) is 47.6 Å². The average Bonchev–Trinajstić information content (AvgIpc) is 2.93. The van der Waals surface area contributed by atoms with Crippen molar-refractivity contribution in [1.29, 1.82) is 5.26 Å². The monoisotopic (exact) mass is 331 g/mol. The van der Waals surface area contributed by atoms with Crippen LogP contribution < -0.4 is 5.56 Å². The molecule has 0 radical (unpaired) electrons. The minimum atomic E-state index is -0.489. The van der Waals surface area contributed by atoms with Crippen LogP contribution >= 0.6 is 0 Å². The maximum atomic E-state index is 12.5. The van der Waals surface area contributed by atoms with E-state index in [1.54, 1.807) is 19.9 Å². The number of unbranched alkanes of at least 4 members (excludes halogenated alkanes) is 1. The lowest BCUT2D eigenvalue weighted by molar-refractivity contribution is 0.398. The summed E-state index contributed by atoms with van der Waals surface area (Å²) >= 11 is 0. The van der Waals surface area contributed by atoms with Gasteiger partial charge in [-0.2, -0.15) is 5.26 Å². The van der Waals surface area contributed by atoms with Crippen LogP contribution in [0.25, 0.3) is 0 Å². The highest BCUT2D eigenvalue weighted by Gasteiger charge is 2.18. The van der Waals surface area contributed by atoms with Crippen LogP contribution in [-0.4, -0.2) is 14.8 Å². The fourth-order valence-corrected chi connectivity index (χ4v) is 2.08. The van der Waals surface area contributed by atoms with E-state index in [0.717, 1.165) is 11.0 Å². The Morgan fingerprint density at radius 3 is 2.67 bits per heavy atom. The molecular weight excluding hydrogens is 310 g/mol. The number of hydrogen-bond donors (Lipinski definition) is 1. The number of pyridine rings is 1. The van der Waals surface area contributed by atoms with Gasteiger partial charge in [0.05, 0.1) is 0 Å². The van der Waals surface area contributed by atoms with Gasteiger partial charge >= 0.3 is 0 Å². The Hall–Kier alpha value is -2.95. The van der Waals surface area contributed by atoms with Crippen LogP contribution in [0.15, 0.2) is 25.6 Å². The van der Waals surface area contributed by atoms with Gasteiger partial charge in [0, 0.05) is 18.2 Å². The Morgan fingerprint density at radius 2 is 2.12 bits per heavy atom. The molecule has 0 aliphatic carbocycles. The van der Waals surface area contributed by atoms with Gasteiger partial charge in [-0.05, 0) is 20.3 Å². The number of nitrogens with zero attached hydrogens (tertiary/aromatic N) is 5. The molecule has 128 valence electrons. The summed E-state index contributed by atoms with van der Waals surface area (Å²) in [6.45, 7) is 5.53. The highest BCUT2D eigenvalue weighted by atomic mass is 16.5. The van der Waals surface area contributed by atoms with Crippen LogP contribution in [0.2, 0.25) is 0 Å². The predicted octanol–water partition coefficient (Wildman–Crippen LogP) is 3.88. The highest BCUT2D eigenvalue weighted by Crippen LogP contribution is 2.26. The van der Waals surface area contributed by atoms with Gasteiger partial charge < -0.3 is 9.63 Å². The van der Waals surface area contributed by atoms with Gasteiger partial charge in [0.2, 0.25) is 11.7 Å². The first-order valence-corrected chi connectivity index (χ1v) is 7.21. The molecule has 0 amide bonds. The normalized spacial score (nSPS) is 10.6. The molecule has 2 aromatic rings. The smallest absolute Gasteiger partial charge is 0.281 e. The molecule has 0 bridgehead atoms. The molecule has 1 N–H and O–H groups in total. The highest BCUT2D eigenvalue weighted by molar-refractivity contribution is 5.56. The Bertz CT molecular complexity index is 843. The Labute approximate surface area is 140 Å². The average molecular weight is 331 g/mol. The molecule has 2 rings (SSSR count). The zero-order valence-corrected chi connectivity index (χ0v) is 13.2. The molecule has 24 heavy (non-hydrogen) atoms. The Morgan fingerprint density at radius 1 is 1.42 bits per heavy atom. The van der Waals surface area contributed by atoms with Gasteiger partial charge in [-0.3, -0.25) is 9.36 Å². The molecule has 0 spiro atoms. The number of aryl methyl sites for hydroxylation is 1. The van der Waals surface area contributed by atoms with E-state index in [2.05, 4.69) is 15.4 Å². The molecule has 2 heterocycles. The molecule has 0 unspecified atom stereocenters. The standard InChI is InChI=1S/C15H17N5O3.CH4/c1-4-5-6-20-14(21)11(8-16)10(3)13(15(20)22)18-17-12-7-9(2)23-19-12;/h7,21H,4-6H2,1-3H3;1H4. The summed E-state index contributed by atoms with van der Waals surface area (Å²) in [4.78, 5) is 12.5. The summed E-state index contributed by atoms with van der Waals surface area (Å²) in [6, 6.07) is 3.47. The number of hydrogen-bond acceptors (Lipinski definition) is 7. The second-order valence-electron chi connectivity index (χ2n) is 5.09. The third kappa shape index (κ3) is 3.68. The zero-order chi connectivity index (χ0) is 17.0. The number of nitriles is 1. The molecule has 8 nitrogen and oxygen atoms in total. The van der Waals surface area contributed by atoms with E-state index >= 15 is 0 Å². The van der Waals surface area contributed by atoms with Gasteiger partial charge in [0.25, 0.3) is 5.56 Å². The van der Waals surface area contributed by atoms with E-state index in [0.29, 0.717) is 18.7 Å². The van der Waals surface area contributed by atoms with Gasteiger partial charge in [0.15, 0.2) is 5.69 Å². The first-order valence-electron chi connectivity index (χ1n) is 7.21. The fraction of sp³-hybridized carbons (Fsp3) is 0.438. The maximum Gasteiger partial charge on any atom is 0.281 e. The van der Waals surface area contributed by atoms with Gasteiger partial charge in [-0.25, -0.2) is 0 Å². The summed E-state index contributed by atoms with van der Waals surface area (Å²) < 4.78 is 6.03. The van der Waals surface area contributed by atoms with Crippen molar-refractivity contribution in [1.82, 2.24) is 9.72 Å².